The Labute approximate surface area is 227 Å². The van der Waals surface area contributed by atoms with Gasteiger partial charge in [0.05, 0.1) is 11.9 Å². The molecule has 0 spiro atoms. The summed E-state index contributed by atoms with van der Waals surface area (Å²) in [6.07, 6.45) is 2.28. The van der Waals surface area contributed by atoms with Crippen molar-refractivity contribution < 1.29 is 27.5 Å². The number of rotatable bonds is 12. The molecule has 0 aromatic heterocycles. The van der Waals surface area contributed by atoms with Crippen molar-refractivity contribution in [3.8, 4) is 11.5 Å². The maximum Gasteiger partial charge on any atom is 0.242 e. The molecule has 2 aromatic carbocycles. The standard InChI is InChI=1S/C26H34BrN3O6S/c1-4-13-28-26(32)19(2)29(18-20-7-9-21(27)10-8-20)25(31)6-5-14-30(37(3,33)34)22-11-12-23-24(17-22)36-16-15-35-23/h7-12,17,19H,4-6,13-16,18H2,1-3H3,(H,28,32)/t19-/m1/s1. The summed E-state index contributed by atoms with van der Waals surface area (Å²) in [6.45, 7) is 5.41. The molecular formula is C26H34BrN3O6S. The number of amides is 2. The van der Waals surface area contributed by atoms with Crippen LogP contribution in [-0.4, -0.2) is 63.7 Å². The quantitative estimate of drug-likeness (QED) is 0.401. The third-order valence-electron chi connectivity index (χ3n) is 5.95. The molecule has 1 aliphatic heterocycles. The maximum absolute atomic E-state index is 13.3. The third-order valence-corrected chi connectivity index (χ3v) is 7.67. The molecule has 37 heavy (non-hydrogen) atoms. The summed E-state index contributed by atoms with van der Waals surface area (Å²) < 4.78 is 38.5. The molecule has 0 radical (unpaired) electrons. The Morgan fingerprint density at radius 2 is 1.76 bits per heavy atom. The Kier molecular flexibility index (Phi) is 10.2. The number of halogens is 1. The summed E-state index contributed by atoms with van der Waals surface area (Å²) in [4.78, 5) is 27.6. The van der Waals surface area contributed by atoms with Gasteiger partial charge in [-0.1, -0.05) is 35.0 Å². The van der Waals surface area contributed by atoms with E-state index in [-0.39, 0.29) is 37.7 Å². The number of ether oxygens (including phenoxy) is 2. The topological polar surface area (TPSA) is 105 Å². The number of hydrogen-bond acceptors (Lipinski definition) is 6. The van der Waals surface area contributed by atoms with Gasteiger partial charge in [-0.05, 0) is 49.6 Å². The van der Waals surface area contributed by atoms with Gasteiger partial charge in [0, 0.05) is 36.6 Å². The van der Waals surface area contributed by atoms with Crippen LogP contribution in [0.1, 0.15) is 38.7 Å². The lowest BCUT2D eigenvalue weighted by molar-refractivity contribution is -0.140. The van der Waals surface area contributed by atoms with Crippen LogP contribution in [0.3, 0.4) is 0 Å². The van der Waals surface area contributed by atoms with Crippen molar-refractivity contribution in [2.45, 2.75) is 45.7 Å². The first-order chi connectivity index (χ1) is 17.6. The summed E-state index contributed by atoms with van der Waals surface area (Å²) >= 11 is 3.41. The van der Waals surface area contributed by atoms with Gasteiger partial charge >= 0.3 is 0 Å². The van der Waals surface area contributed by atoms with Crippen molar-refractivity contribution in [3.63, 3.8) is 0 Å². The highest BCUT2D eigenvalue weighted by Crippen LogP contribution is 2.34. The number of carbonyl (C=O) groups excluding carboxylic acids is 2. The van der Waals surface area contributed by atoms with Crippen LogP contribution < -0.4 is 19.1 Å². The van der Waals surface area contributed by atoms with E-state index >= 15 is 0 Å². The zero-order valence-corrected chi connectivity index (χ0v) is 23.8. The minimum absolute atomic E-state index is 0.0818. The molecule has 0 fully saturated rings. The van der Waals surface area contributed by atoms with Crippen molar-refractivity contribution in [2.75, 3.05) is 36.9 Å². The molecule has 0 unspecified atom stereocenters. The van der Waals surface area contributed by atoms with E-state index in [1.54, 1.807) is 30.0 Å². The van der Waals surface area contributed by atoms with Crippen LogP contribution in [0.25, 0.3) is 0 Å². The lowest BCUT2D eigenvalue weighted by Crippen LogP contribution is -2.47. The number of anilines is 1. The Hall–Kier alpha value is -2.79. The first-order valence-electron chi connectivity index (χ1n) is 12.3. The SMILES string of the molecule is CCCNC(=O)[C@@H](C)N(Cc1ccc(Br)cc1)C(=O)CCCN(c1ccc2c(c1)OCCO2)S(C)(=O)=O. The largest absolute Gasteiger partial charge is 0.486 e. The maximum atomic E-state index is 13.3. The van der Waals surface area contributed by atoms with Crippen LogP contribution in [0.5, 0.6) is 11.5 Å². The van der Waals surface area contributed by atoms with E-state index in [4.69, 9.17) is 9.47 Å². The average Bonchev–Trinajstić information content (AvgIpc) is 2.87. The van der Waals surface area contributed by atoms with Gasteiger partial charge < -0.3 is 19.7 Å². The van der Waals surface area contributed by atoms with E-state index in [0.29, 0.717) is 36.9 Å². The number of nitrogens with zero attached hydrogens (tertiary/aromatic N) is 2. The minimum Gasteiger partial charge on any atom is -0.486 e. The Balaban J connectivity index is 1.72. The van der Waals surface area contributed by atoms with E-state index in [1.807, 2.05) is 31.2 Å². The van der Waals surface area contributed by atoms with E-state index in [1.165, 1.54) is 4.31 Å². The molecule has 9 nitrogen and oxygen atoms in total. The predicted molar refractivity (Wildman–Crippen MR) is 146 cm³/mol. The third kappa shape index (κ3) is 8.10. The first-order valence-corrected chi connectivity index (χ1v) is 14.9. The van der Waals surface area contributed by atoms with Gasteiger partial charge in [-0.25, -0.2) is 8.42 Å². The van der Waals surface area contributed by atoms with Gasteiger partial charge in [-0.3, -0.25) is 13.9 Å². The van der Waals surface area contributed by atoms with Crippen molar-refractivity contribution in [1.29, 1.82) is 0 Å². The van der Waals surface area contributed by atoms with Crippen molar-refractivity contribution in [3.05, 3.63) is 52.5 Å². The van der Waals surface area contributed by atoms with Gasteiger partial charge in [-0.2, -0.15) is 0 Å². The second kappa shape index (κ2) is 13.1. The van der Waals surface area contributed by atoms with Gasteiger partial charge in [-0.15, -0.1) is 0 Å². The molecule has 0 saturated heterocycles. The van der Waals surface area contributed by atoms with Crippen LogP contribution >= 0.6 is 15.9 Å². The molecule has 2 amide bonds. The Morgan fingerprint density at radius 3 is 2.41 bits per heavy atom. The summed E-state index contributed by atoms with van der Waals surface area (Å²) in [7, 11) is -3.61. The second-order valence-electron chi connectivity index (χ2n) is 8.88. The molecule has 1 heterocycles. The molecule has 0 bridgehead atoms. The molecule has 0 saturated carbocycles. The monoisotopic (exact) mass is 595 g/mol. The summed E-state index contributed by atoms with van der Waals surface area (Å²) in [6, 6.07) is 11.9. The van der Waals surface area contributed by atoms with E-state index in [0.717, 1.165) is 22.7 Å². The van der Waals surface area contributed by atoms with E-state index in [9.17, 15) is 18.0 Å². The smallest absolute Gasteiger partial charge is 0.242 e. The predicted octanol–water partition coefficient (Wildman–Crippen LogP) is 3.71. The zero-order valence-electron chi connectivity index (χ0n) is 21.4. The van der Waals surface area contributed by atoms with Gasteiger partial charge in [0.1, 0.15) is 19.3 Å². The zero-order chi connectivity index (χ0) is 27.0. The molecule has 1 N–H and O–H groups in total. The molecule has 202 valence electrons. The average molecular weight is 597 g/mol. The highest BCUT2D eigenvalue weighted by Gasteiger charge is 2.27. The van der Waals surface area contributed by atoms with Crippen LogP contribution in [-0.2, 0) is 26.2 Å². The van der Waals surface area contributed by atoms with Crippen molar-refractivity contribution >= 4 is 43.5 Å². The number of benzene rings is 2. The molecule has 11 heteroatoms. The fourth-order valence-corrected chi connectivity index (χ4v) is 5.18. The lowest BCUT2D eigenvalue weighted by atomic mass is 10.1. The van der Waals surface area contributed by atoms with Gasteiger partial charge in [0.2, 0.25) is 21.8 Å². The number of fused-ring (bicyclic) bond motifs is 1. The molecule has 0 aliphatic carbocycles. The normalized spacial score (nSPS) is 13.5. The fraction of sp³-hybridized carbons (Fsp3) is 0.462. The van der Waals surface area contributed by atoms with Gasteiger partial charge in [0.15, 0.2) is 11.5 Å². The number of nitrogens with one attached hydrogen (secondary N) is 1. The molecule has 1 atom stereocenters. The minimum atomic E-state index is -3.61. The molecule has 2 aromatic rings. The van der Waals surface area contributed by atoms with Crippen molar-refractivity contribution in [1.82, 2.24) is 10.2 Å². The molecule has 3 rings (SSSR count). The Bertz CT molecular complexity index is 1190. The number of sulfonamides is 1. The summed E-state index contributed by atoms with van der Waals surface area (Å²) in [5.74, 6) is 0.609. The number of hydrogen-bond donors (Lipinski definition) is 1. The first kappa shape index (κ1) is 28.8. The lowest BCUT2D eigenvalue weighted by Gasteiger charge is -2.29. The molecule has 1 aliphatic rings. The Morgan fingerprint density at radius 1 is 1.08 bits per heavy atom. The van der Waals surface area contributed by atoms with Crippen LogP contribution in [0.4, 0.5) is 5.69 Å². The fourth-order valence-electron chi connectivity index (χ4n) is 3.96. The second-order valence-corrected chi connectivity index (χ2v) is 11.7. The molecular weight excluding hydrogens is 562 g/mol. The van der Waals surface area contributed by atoms with E-state index < -0.39 is 16.1 Å². The summed E-state index contributed by atoms with van der Waals surface area (Å²) in [5.41, 5.74) is 1.33. The van der Waals surface area contributed by atoms with Crippen LogP contribution in [0.15, 0.2) is 46.9 Å². The van der Waals surface area contributed by atoms with Crippen LogP contribution in [0, 0.1) is 0 Å². The highest BCUT2D eigenvalue weighted by molar-refractivity contribution is 9.10. The van der Waals surface area contributed by atoms with Crippen LogP contribution in [0.2, 0.25) is 0 Å². The highest BCUT2D eigenvalue weighted by atomic mass is 79.9. The van der Waals surface area contributed by atoms with Crippen molar-refractivity contribution in [2.24, 2.45) is 0 Å². The van der Waals surface area contributed by atoms with Gasteiger partial charge in [0.25, 0.3) is 0 Å². The number of carbonyl (C=O) groups is 2. The summed E-state index contributed by atoms with van der Waals surface area (Å²) in [5, 5.41) is 2.85. The van der Waals surface area contributed by atoms with E-state index in [2.05, 4.69) is 21.2 Å².